The molecule has 0 fully saturated rings. The largest absolute Gasteiger partial charge is 0.384 e. The second kappa shape index (κ2) is 9.53. The fourth-order valence-corrected chi connectivity index (χ4v) is 0.891. The van der Waals surface area contributed by atoms with Gasteiger partial charge in [0, 0.05) is 13.5 Å². The van der Waals surface area contributed by atoms with E-state index in [4.69, 9.17) is 14.6 Å². The van der Waals surface area contributed by atoms with Crippen LogP contribution in [0.25, 0.3) is 0 Å². The molecular weight excluding hydrogens is 168 g/mol. The Labute approximate surface area is 80.0 Å². The highest BCUT2D eigenvalue weighted by Crippen LogP contribution is 2.02. The molecule has 1 unspecified atom stereocenters. The van der Waals surface area contributed by atoms with Crippen LogP contribution in [0.4, 0.5) is 0 Å². The van der Waals surface area contributed by atoms with Crippen molar-refractivity contribution in [3.8, 4) is 11.8 Å². The average Bonchev–Trinajstić information content (AvgIpc) is 2.16. The zero-order valence-corrected chi connectivity index (χ0v) is 8.38. The van der Waals surface area contributed by atoms with Gasteiger partial charge in [-0.15, -0.1) is 0 Å². The zero-order chi connectivity index (χ0) is 9.94. The second-order valence-corrected chi connectivity index (χ2v) is 2.59. The molecule has 0 aliphatic heterocycles. The molecule has 0 bridgehead atoms. The molecule has 1 N–H and O–H groups in total. The van der Waals surface area contributed by atoms with E-state index in [1.807, 2.05) is 0 Å². The Balaban J connectivity index is 3.37. The Morgan fingerprint density at radius 2 is 2.15 bits per heavy atom. The van der Waals surface area contributed by atoms with Gasteiger partial charge in [0.1, 0.15) is 6.61 Å². The summed E-state index contributed by atoms with van der Waals surface area (Å²) in [5, 5.41) is 8.37. The minimum absolute atomic E-state index is 0.0807. The molecular formula is C10H18O3. The van der Waals surface area contributed by atoms with Crippen LogP contribution in [0.1, 0.15) is 26.2 Å². The van der Waals surface area contributed by atoms with Gasteiger partial charge in [0.2, 0.25) is 0 Å². The fourth-order valence-electron chi connectivity index (χ4n) is 0.891. The number of aliphatic hydroxyl groups is 1. The molecule has 13 heavy (non-hydrogen) atoms. The lowest BCUT2D eigenvalue weighted by Gasteiger charge is -2.13. The Bertz CT molecular complexity index is 157. The predicted molar refractivity (Wildman–Crippen MR) is 51.1 cm³/mol. The van der Waals surface area contributed by atoms with E-state index in [0.29, 0.717) is 13.0 Å². The molecule has 0 aromatic rings. The van der Waals surface area contributed by atoms with Crippen LogP contribution in [0.3, 0.4) is 0 Å². The fraction of sp³-hybridized carbons (Fsp3) is 0.800. The standard InChI is InChI=1S/C10H18O3/c1-3-7-10(12-2)13-9-6-4-5-8-11/h10-11H,3,6-9H2,1-2H3. The molecule has 0 aliphatic rings. The third-order valence-electron chi connectivity index (χ3n) is 1.52. The number of hydrogen-bond donors (Lipinski definition) is 1. The van der Waals surface area contributed by atoms with Crippen LogP contribution in [0.5, 0.6) is 0 Å². The first-order chi connectivity index (χ1) is 6.35. The van der Waals surface area contributed by atoms with E-state index in [-0.39, 0.29) is 12.9 Å². The molecule has 1 atom stereocenters. The Morgan fingerprint density at radius 1 is 1.38 bits per heavy atom. The summed E-state index contributed by atoms with van der Waals surface area (Å²) in [5.74, 6) is 5.33. The first-order valence-electron chi connectivity index (χ1n) is 4.56. The topological polar surface area (TPSA) is 38.7 Å². The number of ether oxygens (including phenoxy) is 2. The Hall–Kier alpha value is -0.560. The maximum Gasteiger partial charge on any atom is 0.157 e. The van der Waals surface area contributed by atoms with E-state index < -0.39 is 0 Å². The van der Waals surface area contributed by atoms with Gasteiger partial charge in [-0.2, -0.15) is 0 Å². The van der Waals surface area contributed by atoms with E-state index in [2.05, 4.69) is 18.8 Å². The van der Waals surface area contributed by atoms with Crippen LogP contribution in [-0.2, 0) is 9.47 Å². The molecule has 0 spiro atoms. The molecule has 0 aromatic carbocycles. The van der Waals surface area contributed by atoms with Gasteiger partial charge in [0.25, 0.3) is 0 Å². The highest BCUT2D eigenvalue weighted by molar-refractivity contribution is 4.98. The average molecular weight is 186 g/mol. The van der Waals surface area contributed by atoms with E-state index in [1.54, 1.807) is 7.11 Å². The summed E-state index contributed by atoms with van der Waals surface area (Å²) in [4.78, 5) is 0. The number of methoxy groups -OCH3 is 1. The van der Waals surface area contributed by atoms with Crippen molar-refractivity contribution in [3.63, 3.8) is 0 Å². The van der Waals surface area contributed by atoms with Crippen molar-refractivity contribution >= 4 is 0 Å². The third-order valence-corrected chi connectivity index (χ3v) is 1.52. The van der Waals surface area contributed by atoms with Gasteiger partial charge >= 0.3 is 0 Å². The van der Waals surface area contributed by atoms with Crippen molar-refractivity contribution < 1.29 is 14.6 Å². The van der Waals surface area contributed by atoms with Gasteiger partial charge in [0.05, 0.1) is 6.61 Å². The normalized spacial score (nSPS) is 11.9. The Kier molecular flexibility index (Phi) is 9.12. The first kappa shape index (κ1) is 12.4. The molecule has 76 valence electrons. The summed E-state index contributed by atoms with van der Waals surface area (Å²) in [7, 11) is 1.64. The van der Waals surface area contributed by atoms with Crippen molar-refractivity contribution in [3.05, 3.63) is 0 Å². The summed E-state index contributed by atoms with van der Waals surface area (Å²) in [5.41, 5.74) is 0. The van der Waals surface area contributed by atoms with E-state index >= 15 is 0 Å². The Morgan fingerprint density at radius 3 is 2.69 bits per heavy atom. The molecule has 3 heteroatoms. The summed E-state index contributed by atoms with van der Waals surface area (Å²) >= 11 is 0. The molecule has 0 aliphatic carbocycles. The van der Waals surface area contributed by atoms with Crippen LogP contribution in [0.15, 0.2) is 0 Å². The molecule has 0 heterocycles. The van der Waals surface area contributed by atoms with Crippen molar-refractivity contribution in [2.75, 3.05) is 20.3 Å². The van der Waals surface area contributed by atoms with Gasteiger partial charge in [-0.05, 0) is 6.42 Å². The van der Waals surface area contributed by atoms with E-state index in [0.717, 1.165) is 12.8 Å². The molecule has 0 aromatic heterocycles. The lowest BCUT2D eigenvalue weighted by atomic mass is 10.3. The molecule has 0 radical (unpaired) electrons. The van der Waals surface area contributed by atoms with Gasteiger partial charge < -0.3 is 14.6 Å². The summed E-state index contributed by atoms with van der Waals surface area (Å²) in [6, 6.07) is 0. The molecule has 3 nitrogen and oxygen atoms in total. The smallest absolute Gasteiger partial charge is 0.157 e. The summed E-state index contributed by atoms with van der Waals surface area (Å²) < 4.78 is 10.4. The predicted octanol–water partition coefficient (Wildman–Crippen LogP) is 1.16. The summed E-state index contributed by atoms with van der Waals surface area (Å²) in [6.45, 7) is 2.56. The minimum atomic E-state index is -0.110. The second-order valence-electron chi connectivity index (χ2n) is 2.59. The molecule has 0 amide bonds. The van der Waals surface area contributed by atoms with Crippen molar-refractivity contribution in [1.29, 1.82) is 0 Å². The first-order valence-corrected chi connectivity index (χ1v) is 4.56. The highest BCUT2D eigenvalue weighted by Gasteiger charge is 2.03. The molecule has 0 saturated carbocycles. The SMILES string of the molecule is CCCC(OC)OCCC#CCO. The van der Waals surface area contributed by atoms with Crippen LogP contribution in [0, 0.1) is 11.8 Å². The van der Waals surface area contributed by atoms with Gasteiger partial charge in [-0.3, -0.25) is 0 Å². The van der Waals surface area contributed by atoms with Gasteiger partial charge in [0.15, 0.2) is 6.29 Å². The van der Waals surface area contributed by atoms with Crippen molar-refractivity contribution in [2.24, 2.45) is 0 Å². The number of hydrogen-bond acceptors (Lipinski definition) is 3. The minimum Gasteiger partial charge on any atom is -0.384 e. The monoisotopic (exact) mass is 186 g/mol. The van der Waals surface area contributed by atoms with Crippen molar-refractivity contribution in [2.45, 2.75) is 32.5 Å². The van der Waals surface area contributed by atoms with Crippen LogP contribution < -0.4 is 0 Å². The highest BCUT2D eigenvalue weighted by atomic mass is 16.7. The third kappa shape index (κ3) is 7.79. The van der Waals surface area contributed by atoms with Gasteiger partial charge in [-0.1, -0.05) is 25.2 Å². The van der Waals surface area contributed by atoms with E-state index in [9.17, 15) is 0 Å². The van der Waals surface area contributed by atoms with Crippen LogP contribution in [0.2, 0.25) is 0 Å². The maximum atomic E-state index is 8.37. The molecule has 0 rings (SSSR count). The van der Waals surface area contributed by atoms with Crippen LogP contribution >= 0.6 is 0 Å². The van der Waals surface area contributed by atoms with Crippen LogP contribution in [-0.4, -0.2) is 31.7 Å². The quantitative estimate of drug-likeness (QED) is 0.384. The van der Waals surface area contributed by atoms with Crippen molar-refractivity contribution in [1.82, 2.24) is 0 Å². The zero-order valence-electron chi connectivity index (χ0n) is 8.38. The summed E-state index contributed by atoms with van der Waals surface area (Å²) in [6.07, 6.45) is 2.48. The van der Waals surface area contributed by atoms with Gasteiger partial charge in [-0.25, -0.2) is 0 Å². The lowest BCUT2D eigenvalue weighted by Crippen LogP contribution is -2.15. The molecule has 0 saturated heterocycles. The maximum absolute atomic E-state index is 8.37. The van der Waals surface area contributed by atoms with E-state index in [1.165, 1.54) is 0 Å². The lowest BCUT2D eigenvalue weighted by molar-refractivity contribution is -0.125. The number of rotatable bonds is 6. The number of aliphatic hydroxyl groups excluding tert-OH is 1.